The Bertz CT molecular complexity index is 511. The van der Waals surface area contributed by atoms with Gasteiger partial charge in [0.2, 0.25) is 10.0 Å². The Morgan fingerprint density at radius 1 is 1.41 bits per heavy atom. The van der Waals surface area contributed by atoms with Crippen molar-refractivity contribution in [3.63, 3.8) is 0 Å². The van der Waals surface area contributed by atoms with Crippen LogP contribution in [0.15, 0.2) is 29.2 Å². The average molecular weight is 259 g/mol. The van der Waals surface area contributed by atoms with Gasteiger partial charge in [-0.15, -0.1) is 0 Å². The molecule has 1 aromatic rings. The van der Waals surface area contributed by atoms with E-state index in [2.05, 4.69) is 9.46 Å². The molecule has 94 valence electrons. The van der Waals surface area contributed by atoms with Crippen LogP contribution in [0.3, 0.4) is 0 Å². The van der Waals surface area contributed by atoms with Gasteiger partial charge in [-0.25, -0.2) is 8.42 Å². The summed E-state index contributed by atoms with van der Waals surface area (Å²) < 4.78 is 30.1. The van der Waals surface area contributed by atoms with Gasteiger partial charge in [0.25, 0.3) is 0 Å². The molecule has 0 aromatic heterocycles. The number of esters is 1. The summed E-state index contributed by atoms with van der Waals surface area (Å²) in [5.74, 6) is -1.08. The van der Waals surface area contributed by atoms with Gasteiger partial charge in [-0.2, -0.15) is 4.72 Å². The molecule has 1 atom stereocenters. The topological polar surface area (TPSA) is 92.7 Å². The third-order valence-electron chi connectivity index (χ3n) is 2.04. The van der Waals surface area contributed by atoms with Crippen LogP contribution in [0, 0.1) is 0 Å². The molecular formula is C10H13NO5S. The molecule has 0 saturated carbocycles. The van der Waals surface area contributed by atoms with Crippen LogP contribution >= 0.6 is 0 Å². The highest BCUT2D eigenvalue weighted by atomic mass is 32.2. The van der Waals surface area contributed by atoms with Crippen molar-refractivity contribution in [1.29, 1.82) is 0 Å². The van der Waals surface area contributed by atoms with Crippen LogP contribution < -0.4 is 4.72 Å². The zero-order chi connectivity index (χ0) is 13.1. The highest BCUT2D eigenvalue weighted by Gasteiger charge is 2.24. The van der Waals surface area contributed by atoms with Crippen molar-refractivity contribution < 1.29 is 23.1 Å². The number of methoxy groups -OCH3 is 1. The third-order valence-corrected chi connectivity index (χ3v) is 3.63. The minimum atomic E-state index is -3.95. The molecule has 0 amide bonds. The predicted octanol–water partition coefficient (Wildman–Crippen LogP) is 0.232. The van der Waals surface area contributed by atoms with Gasteiger partial charge >= 0.3 is 5.97 Å². The van der Waals surface area contributed by atoms with Crippen molar-refractivity contribution in [1.82, 2.24) is 4.72 Å². The second kappa shape index (κ2) is 5.15. The van der Waals surface area contributed by atoms with Gasteiger partial charge in [0.1, 0.15) is 16.7 Å². The SMILES string of the molecule is COC(=O)C(C)NS(=O)(=O)c1ccccc1O. The van der Waals surface area contributed by atoms with E-state index in [9.17, 15) is 18.3 Å². The van der Waals surface area contributed by atoms with Crippen molar-refractivity contribution in [2.75, 3.05) is 7.11 Å². The molecule has 0 heterocycles. The lowest BCUT2D eigenvalue weighted by Crippen LogP contribution is -2.39. The quantitative estimate of drug-likeness (QED) is 0.755. The predicted molar refractivity (Wildman–Crippen MR) is 59.9 cm³/mol. The minimum Gasteiger partial charge on any atom is -0.507 e. The van der Waals surface area contributed by atoms with E-state index < -0.39 is 22.0 Å². The maximum absolute atomic E-state index is 11.8. The first-order valence-corrected chi connectivity index (χ1v) is 6.25. The molecule has 0 spiro atoms. The number of benzene rings is 1. The molecule has 2 N–H and O–H groups in total. The number of ether oxygens (including phenoxy) is 1. The first kappa shape index (κ1) is 13.5. The Kier molecular flexibility index (Phi) is 4.08. The third kappa shape index (κ3) is 3.18. The highest BCUT2D eigenvalue weighted by molar-refractivity contribution is 7.89. The van der Waals surface area contributed by atoms with Gasteiger partial charge in [0.15, 0.2) is 0 Å². The summed E-state index contributed by atoms with van der Waals surface area (Å²) >= 11 is 0. The molecule has 1 aromatic carbocycles. The van der Waals surface area contributed by atoms with Crippen molar-refractivity contribution >= 4 is 16.0 Å². The largest absolute Gasteiger partial charge is 0.507 e. The summed E-state index contributed by atoms with van der Waals surface area (Å²) in [4.78, 5) is 10.8. The van der Waals surface area contributed by atoms with Gasteiger partial charge in [-0.1, -0.05) is 12.1 Å². The van der Waals surface area contributed by atoms with Crippen molar-refractivity contribution in [2.45, 2.75) is 17.9 Å². The smallest absolute Gasteiger partial charge is 0.323 e. The van der Waals surface area contributed by atoms with E-state index in [4.69, 9.17) is 0 Å². The fourth-order valence-electron chi connectivity index (χ4n) is 1.21. The van der Waals surface area contributed by atoms with Gasteiger partial charge in [0, 0.05) is 0 Å². The summed E-state index contributed by atoms with van der Waals surface area (Å²) in [6.07, 6.45) is 0. The van der Waals surface area contributed by atoms with E-state index in [0.717, 1.165) is 7.11 Å². The standard InChI is InChI=1S/C10H13NO5S/c1-7(10(13)16-2)11-17(14,15)9-6-4-3-5-8(9)12/h3-7,11-12H,1-2H3. The van der Waals surface area contributed by atoms with Crippen molar-refractivity contribution in [3.8, 4) is 5.75 Å². The monoisotopic (exact) mass is 259 g/mol. The summed E-state index contributed by atoms with van der Waals surface area (Å²) in [5.41, 5.74) is 0. The first-order chi connectivity index (χ1) is 7.88. The van der Waals surface area contributed by atoms with Crippen molar-refractivity contribution in [3.05, 3.63) is 24.3 Å². The summed E-state index contributed by atoms with van der Waals surface area (Å²) in [7, 11) is -2.79. The van der Waals surface area contributed by atoms with E-state index in [1.807, 2.05) is 0 Å². The number of rotatable bonds is 4. The molecule has 0 aliphatic rings. The zero-order valence-corrected chi connectivity index (χ0v) is 10.2. The van der Waals surface area contributed by atoms with Gasteiger partial charge in [-0.3, -0.25) is 4.79 Å². The van der Waals surface area contributed by atoms with E-state index >= 15 is 0 Å². The molecule has 0 saturated heterocycles. The Morgan fingerprint density at radius 3 is 2.53 bits per heavy atom. The normalized spacial score (nSPS) is 13.1. The number of hydrogen-bond acceptors (Lipinski definition) is 5. The molecule has 7 heteroatoms. The zero-order valence-electron chi connectivity index (χ0n) is 9.38. The van der Waals surface area contributed by atoms with E-state index in [1.165, 1.54) is 31.2 Å². The minimum absolute atomic E-state index is 0.282. The molecule has 0 radical (unpaired) electrons. The molecule has 1 rings (SSSR count). The van der Waals surface area contributed by atoms with Crippen LogP contribution in [-0.4, -0.2) is 32.6 Å². The Morgan fingerprint density at radius 2 is 2.00 bits per heavy atom. The number of aromatic hydroxyl groups is 1. The first-order valence-electron chi connectivity index (χ1n) is 4.76. The van der Waals surface area contributed by atoms with Gasteiger partial charge < -0.3 is 9.84 Å². The lowest BCUT2D eigenvalue weighted by atomic mass is 10.3. The van der Waals surface area contributed by atoms with Crippen LogP contribution in [0.5, 0.6) is 5.75 Å². The van der Waals surface area contributed by atoms with Crippen LogP contribution in [0.2, 0.25) is 0 Å². The second-order valence-electron chi connectivity index (χ2n) is 3.33. The van der Waals surface area contributed by atoms with E-state index in [1.54, 1.807) is 0 Å². The lowest BCUT2D eigenvalue weighted by molar-refractivity contribution is -0.142. The summed E-state index contributed by atoms with van der Waals surface area (Å²) in [6.45, 7) is 1.35. The number of phenolic OH excluding ortho intramolecular Hbond substituents is 1. The maximum atomic E-state index is 11.8. The molecule has 17 heavy (non-hydrogen) atoms. The number of carbonyl (C=O) groups is 1. The van der Waals surface area contributed by atoms with Gasteiger partial charge in [-0.05, 0) is 19.1 Å². The molecule has 0 bridgehead atoms. The molecule has 6 nitrogen and oxygen atoms in total. The fourth-order valence-corrected chi connectivity index (χ4v) is 2.50. The van der Waals surface area contributed by atoms with E-state index in [-0.39, 0.29) is 10.6 Å². The number of para-hydroxylation sites is 1. The molecule has 1 unspecified atom stereocenters. The molecule has 0 aliphatic carbocycles. The van der Waals surface area contributed by atoms with Crippen LogP contribution in [0.4, 0.5) is 0 Å². The highest BCUT2D eigenvalue weighted by Crippen LogP contribution is 2.21. The number of nitrogens with one attached hydrogen (secondary N) is 1. The maximum Gasteiger partial charge on any atom is 0.323 e. The number of carbonyl (C=O) groups excluding carboxylic acids is 1. The fraction of sp³-hybridized carbons (Fsp3) is 0.300. The summed E-state index contributed by atoms with van der Waals surface area (Å²) in [6, 6.07) is 4.43. The Labute approximate surface area is 99.3 Å². The lowest BCUT2D eigenvalue weighted by Gasteiger charge is -2.12. The Hall–Kier alpha value is -1.60. The molecule has 0 aliphatic heterocycles. The molecular weight excluding hydrogens is 246 g/mol. The molecule has 0 fully saturated rings. The van der Waals surface area contributed by atoms with Crippen LogP contribution in [0.25, 0.3) is 0 Å². The number of phenols is 1. The van der Waals surface area contributed by atoms with Gasteiger partial charge in [0.05, 0.1) is 7.11 Å². The van der Waals surface area contributed by atoms with Crippen LogP contribution in [0.1, 0.15) is 6.92 Å². The van der Waals surface area contributed by atoms with E-state index in [0.29, 0.717) is 0 Å². The van der Waals surface area contributed by atoms with Crippen LogP contribution in [-0.2, 0) is 19.6 Å². The number of hydrogen-bond donors (Lipinski definition) is 2. The average Bonchev–Trinajstić information content (AvgIpc) is 2.27. The second-order valence-corrected chi connectivity index (χ2v) is 5.02. The number of sulfonamides is 1. The summed E-state index contributed by atoms with van der Waals surface area (Å²) in [5, 5.41) is 9.42. The Balaban J connectivity index is 2.98. The van der Waals surface area contributed by atoms with Crippen molar-refractivity contribution in [2.24, 2.45) is 0 Å².